The average molecular weight is 232 g/mol. The summed E-state index contributed by atoms with van der Waals surface area (Å²) in [5, 5.41) is 10.8. The van der Waals surface area contributed by atoms with E-state index in [4.69, 9.17) is 0 Å². The molecule has 1 unspecified atom stereocenters. The second-order valence-corrected chi connectivity index (χ2v) is 5.70. The van der Waals surface area contributed by atoms with E-state index in [0.29, 0.717) is 5.92 Å². The Balaban J connectivity index is 2.18. The lowest BCUT2D eigenvalue weighted by Gasteiger charge is -2.33. The fraction of sp³-hybridized carbons (Fsp3) is 0.625. The molecule has 1 aromatic carbocycles. The Kier molecular flexibility index (Phi) is 3.88. The summed E-state index contributed by atoms with van der Waals surface area (Å²) in [6.45, 7) is 4.08. The van der Waals surface area contributed by atoms with Crippen LogP contribution < -0.4 is 0 Å². The first-order valence-electron chi connectivity index (χ1n) is 6.90. The lowest BCUT2D eigenvalue weighted by atomic mass is 9.78. The van der Waals surface area contributed by atoms with E-state index in [2.05, 4.69) is 31.2 Å². The van der Waals surface area contributed by atoms with Crippen LogP contribution in [0.4, 0.5) is 0 Å². The molecule has 0 aliphatic heterocycles. The molecule has 1 aliphatic carbocycles. The number of hydrogen-bond acceptors (Lipinski definition) is 1. The largest absolute Gasteiger partial charge is 0.385 e. The molecule has 1 heteroatoms. The zero-order valence-corrected chi connectivity index (χ0v) is 11.1. The maximum absolute atomic E-state index is 10.8. The SMILES string of the molecule is Cc1ccc(C(C)(O)C2CCCCCC2)cc1. The van der Waals surface area contributed by atoms with Crippen molar-refractivity contribution in [1.82, 2.24) is 0 Å². The molecule has 1 fully saturated rings. The van der Waals surface area contributed by atoms with Gasteiger partial charge in [0.1, 0.15) is 0 Å². The molecule has 1 aliphatic rings. The smallest absolute Gasteiger partial charge is 0.0896 e. The van der Waals surface area contributed by atoms with Crippen molar-refractivity contribution in [3.8, 4) is 0 Å². The maximum atomic E-state index is 10.8. The second kappa shape index (κ2) is 5.22. The predicted octanol–water partition coefficient (Wildman–Crippen LogP) is 4.17. The van der Waals surface area contributed by atoms with Crippen molar-refractivity contribution in [2.24, 2.45) is 5.92 Å². The van der Waals surface area contributed by atoms with Crippen LogP contribution in [0.2, 0.25) is 0 Å². The van der Waals surface area contributed by atoms with Gasteiger partial charge in [0.2, 0.25) is 0 Å². The summed E-state index contributed by atoms with van der Waals surface area (Å²) in [4.78, 5) is 0. The zero-order chi connectivity index (χ0) is 12.3. The summed E-state index contributed by atoms with van der Waals surface area (Å²) < 4.78 is 0. The van der Waals surface area contributed by atoms with Crippen LogP contribution in [0, 0.1) is 12.8 Å². The first-order valence-corrected chi connectivity index (χ1v) is 6.90. The molecule has 0 radical (unpaired) electrons. The second-order valence-electron chi connectivity index (χ2n) is 5.70. The van der Waals surface area contributed by atoms with Gasteiger partial charge in [0.15, 0.2) is 0 Å². The van der Waals surface area contributed by atoms with Crippen LogP contribution in [0.15, 0.2) is 24.3 Å². The van der Waals surface area contributed by atoms with E-state index in [-0.39, 0.29) is 0 Å². The van der Waals surface area contributed by atoms with E-state index in [1.165, 1.54) is 44.1 Å². The molecule has 0 amide bonds. The minimum atomic E-state index is -0.655. The van der Waals surface area contributed by atoms with Gasteiger partial charge in [0, 0.05) is 0 Å². The van der Waals surface area contributed by atoms with E-state index in [0.717, 1.165) is 5.56 Å². The molecule has 1 nitrogen and oxygen atoms in total. The van der Waals surface area contributed by atoms with Gasteiger partial charge < -0.3 is 5.11 Å². The standard InChI is InChI=1S/C16H24O/c1-13-9-11-15(12-10-13)16(2,17)14-7-5-3-4-6-8-14/h9-12,14,17H,3-8H2,1-2H3. The number of rotatable bonds is 2. The molecule has 0 bridgehead atoms. The van der Waals surface area contributed by atoms with E-state index < -0.39 is 5.60 Å². The van der Waals surface area contributed by atoms with E-state index in [1.54, 1.807) is 0 Å². The first kappa shape index (κ1) is 12.6. The third-order valence-electron chi connectivity index (χ3n) is 4.29. The highest BCUT2D eigenvalue weighted by atomic mass is 16.3. The van der Waals surface area contributed by atoms with Gasteiger partial charge in [-0.25, -0.2) is 0 Å². The van der Waals surface area contributed by atoms with Crippen LogP contribution >= 0.6 is 0 Å². The Morgan fingerprint density at radius 2 is 1.53 bits per heavy atom. The minimum absolute atomic E-state index is 0.424. The van der Waals surface area contributed by atoms with Crippen molar-refractivity contribution in [2.45, 2.75) is 58.0 Å². The molecule has 1 aromatic rings. The summed E-state index contributed by atoms with van der Waals surface area (Å²) in [7, 11) is 0. The fourth-order valence-electron chi connectivity index (χ4n) is 2.97. The van der Waals surface area contributed by atoms with Gasteiger partial charge in [0.25, 0.3) is 0 Å². The van der Waals surface area contributed by atoms with E-state index in [1.807, 2.05) is 6.92 Å². The molecule has 0 aromatic heterocycles. The highest BCUT2D eigenvalue weighted by Gasteiger charge is 2.33. The maximum Gasteiger partial charge on any atom is 0.0896 e. The predicted molar refractivity (Wildman–Crippen MR) is 71.9 cm³/mol. The molecular formula is C16H24O. The third-order valence-corrected chi connectivity index (χ3v) is 4.29. The van der Waals surface area contributed by atoms with Crippen molar-refractivity contribution < 1.29 is 5.11 Å². The summed E-state index contributed by atoms with van der Waals surface area (Å²) in [5.41, 5.74) is 1.68. The van der Waals surface area contributed by atoms with Gasteiger partial charge in [-0.05, 0) is 38.2 Å². The molecule has 0 saturated heterocycles. The van der Waals surface area contributed by atoms with Gasteiger partial charge in [-0.2, -0.15) is 0 Å². The molecule has 1 N–H and O–H groups in total. The number of aryl methyl sites for hydroxylation is 1. The molecule has 17 heavy (non-hydrogen) atoms. The average Bonchev–Trinajstić information content (AvgIpc) is 2.58. The molecular weight excluding hydrogens is 208 g/mol. The molecule has 94 valence electrons. The Hall–Kier alpha value is -0.820. The molecule has 1 atom stereocenters. The van der Waals surface area contributed by atoms with Gasteiger partial charge in [-0.1, -0.05) is 55.5 Å². The quantitative estimate of drug-likeness (QED) is 0.759. The van der Waals surface area contributed by atoms with E-state index >= 15 is 0 Å². The van der Waals surface area contributed by atoms with Crippen molar-refractivity contribution in [3.05, 3.63) is 35.4 Å². The van der Waals surface area contributed by atoms with Crippen molar-refractivity contribution in [2.75, 3.05) is 0 Å². The summed E-state index contributed by atoms with van der Waals surface area (Å²) in [6.07, 6.45) is 7.54. The monoisotopic (exact) mass is 232 g/mol. The molecule has 2 rings (SSSR count). The summed E-state index contributed by atoms with van der Waals surface area (Å²) in [5.74, 6) is 0.424. The summed E-state index contributed by atoms with van der Waals surface area (Å²) in [6, 6.07) is 8.36. The van der Waals surface area contributed by atoms with Gasteiger partial charge >= 0.3 is 0 Å². The van der Waals surface area contributed by atoms with Crippen molar-refractivity contribution >= 4 is 0 Å². The van der Waals surface area contributed by atoms with Gasteiger partial charge in [-0.3, -0.25) is 0 Å². The van der Waals surface area contributed by atoms with Crippen molar-refractivity contribution in [1.29, 1.82) is 0 Å². The van der Waals surface area contributed by atoms with Crippen LogP contribution in [0.25, 0.3) is 0 Å². The summed E-state index contributed by atoms with van der Waals surface area (Å²) >= 11 is 0. The van der Waals surface area contributed by atoms with Crippen molar-refractivity contribution in [3.63, 3.8) is 0 Å². The lowest BCUT2D eigenvalue weighted by Crippen LogP contribution is -2.31. The topological polar surface area (TPSA) is 20.2 Å². The number of hydrogen-bond donors (Lipinski definition) is 1. The highest BCUT2D eigenvalue weighted by Crippen LogP contribution is 2.38. The van der Waals surface area contributed by atoms with Gasteiger partial charge in [0.05, 0.1) is 5.60 Å². The zero-order valence-electron chi connectivity index (χ0n) is 11.1. The Labute approximate surface area is 105 Å². The van der Waals surface area contributed by atoms with Crippen LogP contribution in [-0.2, 0) is 5.60 Å². The number of aliphatic hydroxyl groups is 1. The minimum Gasteiger partial charge on any atom is -0.385 e. The molecule has 0 spiro atoms. The highest BCUT2D eigenvalue weighted by molar-refractivity contribution is 5.26. The first-order chi connectivity index (χ1) is 8.10. The van der Waals surface area contributed by atoms with Crippen LogP contribution in [-0.4, -0.2) is 5.11 Å². The van der Waals surface area contributed by atoms with Crippen LogP contribution in [0.5, 0.6) is 0 Å². The third kappa shape index (κ3) is 2.90. The normalized spacial score (nSPS) is 21.8. The fourth-order valence-corrected chi connectivity index (χ4v) is 2.97. The van der Waals surface area contributed by atoms with Gasteiger partial charge in [-0.15, -0.1) is 0 Å². The van der Waals surface area contributed by atoms with Crippen LogP contribution in [0.1, 0.15) is 56.6 Å². The Morgan fingerprint density at radius 1 is 1.00 bits per heavy atom. The Morgan fingerprint density at radius 3 is 2.06 bits per heavy atom. The number of benzene rings is 1. The lowest BCUT2D eigenvalue weighted by molar-refractivity contribution is -0.0126. The van der Waals surface area contributed by atoms with Crippen LogP contribution in [0.3, 0.4) is 0 Å². The molecule has 0 heterocycles. The van der Waals surface area contributed by atoms with E-state index in [9.17, 15) is 5.11 Å². The Bertz CT molecular complexity index is 342. The molecule has 1 saturated carbocycles.